The fourth-order valence-corrected chi connectivity index (χ4v) is 5.92. The van der Waals surface area contributed by atoms with Gasteiger partial charge in [0.05, 0.1) is 10.1 Å². The molecule has 152 valence electrons. The molecule has 0 aliphatic heterocycles. The van der Waals surface area contributed by atoms with Gasteiger partial charge in [-0.25, -0.2) is 8.42 Å². The summed E-state index contributed by atoms with van der Waals surface area (Å²) in [5, 5.41) is 2.89. The van der Waals surface area contributed by atoms with Crippen molar-refractivity contribution in [1.82, 2.24) is 0 Å². The van der Waals surface area contributed by atoms with Crippen LogP contribution in [-0.4, -0.2) is 25.2 Å². The molecule has 2 aromatic rings. The van der Waals surface area contributed by atoms with Crippen molar-refractivity contribution in [3.05, 3.63) is 53.0 Å². The Morgan fingerprint density at radius 2 is 1.50 bits per heavy atom. The molecular formula is C19H19BrF3NO2S2. The van der Waals surface area contributed by atoms with E-state index in [0.29, 0.717) is 30.6 Å². The molecule has 9 heteroatoms. The van der Waals surface area contributed by atoms with Crippen molar-refractivity contribution in [2.45, 2.75) is 52.3 Å². The van der Waals surface area contributed by atoms with E-state index in [4.69, 9.17) is 0 Å². The maximum atomic E-state index is 12.8. The predicted molar refractivity (Wildman–Crippen MR) is 109 cm³/mol. The summed E-state index contributed by atoms with van der Waals surface area (Å²) < 4.78 is 63.6. The molecular weight excluding hydrogens is 475 g/mol. The number of hydrogen-bond donors (Lipinski definition) is 1. The molecule has 1 fully saturated rings. The Labute approximate surface area is 175 Å². The van der Waals surface area contributed by atoms with Gasteiger partial charge >= 0.3 is 5.51 Å². The third-order valence-electron chi connectivity index (χ3n) is 4.71. The lowest BCUT2D eigenvalue weighted by molar-refractivity contribution is -0.0328. The molecule has 2 aromatic carbocycles. The molecule has 1 aliphatic carbocycles. The van der Waals surface area contributed by atoms with Crippen LogP contribution in [0.1, 0.15) is 25.7 Å². The van der Waals surface area contributed by atoms with Crippen LogP contribution >= 0.6 is 27.7 Å². The van der Waals surface area contributed by atoms with Crippen molar-refractivity contribution >= 4 is 43.2 Å². The second-order valence-electron chi connectivity index (χ2n) is 6.69. The standard InChI is InChI=1S/C19H19BrF3NO2S2/c20-13-1-9-17(10-2-13)28(25,26)18-11-5-15(6-12-18)24-14-3-7-16(8-4-14)27-19(21,22)23/h1-4,7-10,15,18,24H,5-6,11-12H2/t15-,18-. The summed E-state index contributed by atoms with van der Waals surface area (Å²) in [6.45, 7) is 0. The van der Waals surface area contributed by atoms with Gasteiger partial charge in [-0.05, 0) is 86.0 Å². The highest BCUT2D eigenvalue weighted by atomic mass is 79.9. The van der Waals surface area contributed by atoms with Crippen LogP contribution in [0.4, 0.5) is 18.9 Å². The van der Waals surface area contributed by atoms with Crippen LogP contribution in [0.2, 0.25) is 0 Å². The van der Waals surface area contributed by atoms with Crippen molar-refractivity contribution in [2.75, 3.05) is 5.32 Å². The highest BCUT2D eigenvalue weighted by molar-refractivity contribution is 9.10. The number of halogens is 4. The quantitative estimate of drug-likeness (QED) is 0.499. The maximum Gasteiger partial charge on any atom is 0.446 e. The molecule has 0 bridgehead atoms. The smallest absolute Gasteiger partial charge is 0.382 e. The van der Waals surface area contributed by atoms with E-state index in [1.165, 1.54) is 12.1 Å². The lowest BCUT2D eigenvalue weighted by Crippen LogP contribution is -2.32. The van der Waals surface area contributed by atoms with Crippen molar-refractivity contribution in [3.63, 3.8) is 0 Å². The van der Waals surface area contributed by atoms with Crippen molar-refractivity contribution in [1.29, 1.82) is 0 Å². The highest BCUT2D eigenvalue weighted by Crippen LogP contribution is 2.37. The molecule has 3 nitrogen and oxygen atoms in total. The first kappa shape index (κ1) is 21.5. The van der Waals surface area contributed by atoms with Crippen LogP contribution in [0, 0.1) is 0 Å². The second kappa shape index (κ2) is 8.67. The number of benzene rings is 2. The molecule has 0 saturated heterocycles. The summed E-state index contributed by atoms with van der Waals surface area (Å²) in [6, 6.07) is 12.9. The first-order chi connectivity index (χ1) is 13.1. The minimum absolute atomic E-state index is 0.109. The Morgan fingerprint density at radius 1 is 0.929 bits per heavy atom. The van der Waals surface area contributed by atoms with E-state index in [9.17, 15) is 21.6 Å². The van der Waals surface area contributed by atoms with E-state index >= 15 is 0 Å². The van der Waals surface area contributed by atoms with Gasteiger partial charge in [0.15, 0.2) is 9.84 Å². The van der Waals surface area contributed by atoms with Gasteiger partial charge < -0.3 is 5.32 Å². The number of thioether (sulfide) groups is 1. The molecule has 3 rings (SSSR count). The molecule has 0 atom stereocenters. The minimum Gasteiger partial charge on any atom is -0.382 e. The van der Waals surface area contributed by atoms with Crippen molar-refractivity contribution in [3.8, 4) is 0 Å². The molecule has 0 unspecified atom stereocenters. The summed E-state index contributed by atoms with van der Waals surface area (Å²) in [5.41, 5.74) is -3.56. The fourth-order valence-electron chi connectivity index (χ4n) is 3.32. The van der Waals surface area contributed by atoms with E-state index in [-0.39, 0.29) is 22.7 Å². The van der Waals surface area contributed by atoms with Gasteiger partial charge in [0.1, 0.15) is 0 Å². The van der Waals surface area contributed by atoms with Gasteiger partial charge in [0.2, 0.25) is 0 Å². The van der Waals surface area contributed by atoms with E-state index in [0.717, 1.165) is 10.2 Å². The average Bonchev–Trinajstić information content (AvgIpc) is 2.63. The molecule has 0 radical (unpaired) electrons. The van der Waals surface area contributed by atoms with Gasteiger partial charge in [-0.2, -0.15) is 13.2 Å². The largest absolute Gasteiger partial charge is 0.446 e. The molecule has 0 heterocycles. The predicted octanol–water partition coefficient (Wildman–Crippen LogP) is 6.26. The minimum atomic E-state index is -4.30. The SMILES string of the molecule is O=S(=O)(c1ccc(Br)cc1)[C@H]1CC[C@H](Nc2ccc(SC(F)(F)F)cc2)CC1. The average molecular weight is 494 g/mol. The van der Waals surface area contributed by atoms with Crippen LogP contribution in [0.25, 0.3) is 0 Å². The van der Waals surface area contributed by atoms with Gasteiger partial charge in [-0.1, -0.05) is 15.9 Å². The molecule has 0 amide bonds. The van der Waals surface area contributed by atoms with Gasteiger partial charge in [0, 0.05) is 21.1 Å². The zero-order valence-electron chi connectivity index (χ0n) is 14.7. The Morgan fingerprint density at radius 3 is 2.04 bits per heavy atom. The van der Waals surface area contributed by atoms with Crippen LogP contribution < -0.4 is 5.32 Å². The number of anilines is 1. The van der Waals surface area contributed by atoms with Crippen molar-refractivity contribution < 1.29 is 21.6 Å². The lowest BCUT2D eigenvalue weighted by atomic mass is 9.95. The van der Waals surface area contributed by atoms with E-state index in [1.807, 2.05) is 0 Å². The Hall–Kier alpha value is -1.19. The van der Waals surface area contributed by atoms with Crippen LogP contribution in [0.3, 0.4) is 0 Å². The molecule has 0 spiro atoms. The maximum absolute atomic E-state index is 12.8. The lowest BCUT2D eigenvalue weighted by Gasteiger charge is -2.29. The molecule has 1 aliphatic rings. The first-order valence-corrected chi connectivity index (χ1v) is 11.9. The van der Waals surface area contributed by atoms with Gasteiger partial charge in [-0.15, -0.1) is 0 Å². The van der Waals surface area contributed by atoms with E-state index in [1.54, 1.807) is 36.4 Å². The van der Waals surface area contributed by atoms with Crippen LogP contribution in [0.5, 0.6) is 0 Å². The Kier molecular flexibility index (Phi) is 6.66. The fraction of sp³-hybridized carbons (Fsp3) is 0.368. The normalized spacial score (nSPS) is 20.7. The zero-order chi connectivity index (χ0) is 20.4. The third-order valence-corrected chi connectivity index (χ3v) is 8.26. The van der Waals surface area contributed by atoms with Crippen LogP contribution in [0.15, 0.2) is 62.8 Å². The zero-order valence-corrected chi connectivity index (χ0v) is 18.0. The number of alkyl halides is 3. The van der Waals surface area contributed by atoms with Crippen molar-refractivity contribution in [2.24, 2.45) is 0 Å². The molecule has 0 aromatic heterocycles. The summed E-state index contributed by atoms with van der Waals surface area (Å²) >= 11 is 3.17. The molecule has 1 N–H and O–H groups in total. The second-order valence-corrected chi connectivity index (χ2v) is 11.0. The Bertz CT molecular complexity index is 892. The van der Waals surface area contributed by atoms with E-state index < -0.39 is 20.6 Å². The van der Waals surface area contributed by atoms with Gasteiger partial charge in [-0.3, -0.25) is 0 Å². The highest BCUT2D eigenvalue weighted by Gasteiger charge is 2.32. The van der Waals surface area contributed by atoms with E-state index in [2.05, 4.69) is 21.2 Å². The summed E-state index contributed by atoms with van der Waals surface area (Å²) in [4.78, 5) is 0.479. The topological polar surface area (TPSA) is 46.2 Å². The Balaban J connectivity index is 1.56. The molecule has 1 saturated carbocycles. The van der Waals surface area contributed by atoms with Gasteiger partial charge in [0.25, 0.3) is 0 Å². The number of sulfone groups is 1. The molecule has 28 heavy (non-hydrogen) atoms. The monoisotopic (exact) mass is 493 g/mol. The number of nitrogens with one attached hydrogen (secondary N) is 1. The summed E-state index contributed by atoms with van der Waals surface area (Å²) in [5.74, 6) is 0. The third kappa shape index (κ3) is 5.67. The number of hydrogen-bond acceptors (Lipinski definition) is 4. The first-order valence-electron chi connectivity index (χ1n) is 8.75. The summed E-state index contributed by atoms with van der Waals surface area (Å²) in [7, 11) is -3.36. The summed E-state index contributed by atoms with van der Waals surface area (Å²) in [6.07, 6.45) is 2.50. The van der Waals surface area contributed by atoms with Crippen LogP contribution in [-0.2, 0) is 9.84 Å². The number of rotatable bonds is 5.